The zero-order chi connectivity index (χ0) is 20.3. The predicted molar refractivity (Wildman–Crippen MR) is 104 cm³/mol. The Hall–Kier alpha value is -3.16. The van der Waals surface area contributed by atoms with E-state index < -0.39 is 30.2 Å². The molecule has 3 heterocycles. The molecule has 3 aliphatic rings. The summed E-state index contributed by atoms with van der Waals surface area (Å²) in [6.45, 7) is 6.94. The van der Waals surface area contributed by atoms with Gasteiger partial charge < -0.3 is 9.80 Å². The standard InChI is InChI=1S/C20H23N5O3/c1-11-8-6-7-9-15(11)24-12(2)10-23-16-17(21-19(23)24)22(5)20(28)25(18(16)27)13(3)14(4)26/h6-10,13,16-17H,1-5H3. The molecule has 1 aromatic carbocycles. The highest BCUT2D eigenvalue weighted by atomic mass is 16.2. The highest BCUT2D eigenvalue weighted by molar-refractivity contribution is 6.11. The molecular weight excluding hydrogens is 358 g/mol. The molecule has 0 spiro atoms. The van der Waals surface area contributed by atoms with Crippen LogP contribution in [0.25, 0.3) is 0 Å². The first-order valence-corrected chi connectivity index (χ1v) is 9.24. The SMILES string of the molecule is CC(=O)C(C)N1C(=O)C2C(N=C3N(c4ccccc4C)C(C)=CN32)N(C)C1=O. The molecule has 146 valence electrons. The van der Waals surface area contributed by atoms with Crippen LogP contribution in [0, 0.1) is 6.92 Å². The Labute approximate surface area is 163 Å². The van der Waals surface area contributed by atoms with Crippen LogP contribution in [0.5, 0.6) is 0 Å². The second-order valence-electron chi connectivity index (χ2n) is 7.48. The fourth-order valence-corrected chi connectivity index (χ4v) is 3.97. The maximum atomic E-state index is 13.2. The lowest BCUT2D eigenvalue weighted by Gasteiger charge is -2.41. The third-order valence-electron chi connectivity index (χ3n) is 5.67. The number of hydrogen-bond donors (Lipinski definition) is 0. The first-order chi connectivity index (χ1) is 13.2. The molecule has 28 heavy (non-hydrogen) atoms. The minimum atomic E-state index is -0.812. The number of hydrogen-bond acceptors (Lipinski definition) is 6. The van der Waals surface area contributed by atoms with E-state index in [1.165, 1.54) is 11.8 Å². The summed E-state index contributed by atoms with van der Waals surface area (Å²) < 4.78 is 0. The van der Waals surface area contributed by atoms with Crippen LogP contribution in [0.1, 0.15) is 26.3 Å². The zero-order valence-corrected chi connectivity index (χ0v) is 16.6. The van der Waals surface area contributed by atoms with Gasteiger partial charge in [0.05, 0.1) is 11.7 Å². The molecule has 0 radical (unpaired) electrons. The van der Waals surface area contributed by atoms with Crippen molar-refractivity contribution < 1.29 is 14.4 Å². The third-order valence-corrected chi connectivity index (χ3v) is 5.67. The van der Waals surface area contributed by atoms with Gasteiger partial charge in [0.2, 0.25) is 5.96 Å². The molecule has 8 heteroatoms. The molecule has 3 aliphatic heterocycles. The van der Waals surface area contributed by atoms with Crippen molar-refractivity contribution in [2.24, 2.45) is 4.99 Å². The first-order valence-electron chi connectivity index (χ1n) is 9.24. The van der Waals surface area contributed by atoms with Crippen LogP contribution in [0.2, 0.25) is 0 Å². The van der Waals surface area contributed by atoms with Gasteiger partial charge in [-0.25, -0.2) is 9.79 Å². The average Bonchev–Trinajstić information content (AvgIpc) is 3.15. The average molecular weight is 381 g/mol. The fourth-order valence-electron chi connectivity index (χ4n) is 3.97. The number of amides is 3. The highest BCUT2D eigenvalue weighted by Crippen LogP contribution is 2.37. The van der Waals surface area contributed by atoms with Crippen molar-refractivity contribution in [3.63, 3.8) is 0 Å². The second kappa shape index (κ2) is 6.19. The Bertz CT molecular complexity index is 953. The first kappa shape index (κ1) is 18.2. The van der Waals surface area contributed by atoms with Gasteiger partial charge in [-0.15, -0.1) is 0 Å². The summed E-state index contributed by atoms with van der Waals surface area (Å²) in [5, 5.41) is 0. The second-order valence-corrected chi connectivity index (χ2v) is 7.48. The van der Waals surface area contributed by atoms with Crippen LogP contribution in [-0.2, 0) is 9.59 Å². The van der Waals surface area contributed by atoms with Crippen LogP contribution >= 0.6 is 0 Å². The number of urea groups is 1. The Balaban J connectivity index is 1.75. The summed E-state index contributed by atoms with van der Waals surface area (Å²) in [6, 6.07) is 5.96. The summed E-state index contributed by atoms with van der Waals surface area (Å²) in [4.78, 5) is 48.9. The van der Waals surface area contributed by atoms with Crippen LogP contribution in [0.3, 0.4) is 0 Å². The van der Waals surface area contributed by atoms with Gasteiger partial charge in [-0.1, -0.05) is 18.2 Å². The Kier molecular flexibility index (Phi) is 4.02. The van der Waals surface area contributed by atoms with Crippen molar-refractivity contribution in [3.05, 3.63) is 41.7 Å². The number of allylic oxidation sites excluding steroid dienone is 1. The van der Waals surface area contributed by atoms with Crippen LogP contribution in [0.15, 0.2) is 41.2 Å². The number of fused-ring (bicyclic) bond motifs is 3. The molecule has 1 saturated heterocycles. The molecule has 1 fully saturated rings. The minimum absolute atomic E-state index is 0.234. The summed E-state index contributed by atoms with van der Waals surface area (Å²) in [5.74, 6) is -0.0141. The summed E-state index contributed by atoms with van der Waals surface area (Å²) >= 11 is 0. The maximum absolute atomic E-state index is 13.2. The number of guanidine groups is 1. The van der Waals surface area contributed by atoms with E-state index in [0.717, 1.165) is 21.8 Å². The number of carbonyl (C=O) groups is 3. The van der Waals surface area contributed by atoms with E-state index in [4.69, 9.17) is 4.99 Å². The number of aliphatic imine (C=N–C) groups is 1. The topological polar surface area (TPSA) is 76.5 Å². The third kappa shape index (κ3) is 2.37. The van der Waals surface area contributed by atoms with Crippen molar-refractivity contribution in [3.8, 4) is 0 Å². The quantitative estimate of drug-likeness (QED) is 0.799. The maximum Gasteiger partial charge on any atom is 0.328 e. The molecule has 4 rings (SSSR count). The van der Waals surface area contributed by atoms with Crippen molar-refractivity contribution in [1.29, 1.82) is 0 Å². The molecule has 0 aliphatic carbocycles. The molecule has 1 aromatic rings. The van der Waals surface area contributed by atoms with Gasteiger partial charge in [0.1, 0.15) is 0 Å². The van der Waals surface area contributed by atoms with Gasteiger partial charge in [0, 0.05) is 18.9 Å². The zero-order valence-electron chi connectivity index (χ0n) is 16.6. The lowest BCUT2D eigenvalue weighted by molar-refractivity contribution is -0.142. The Morgan fingerprint density at radius 3 is 2.50 bits per heavy atom. The van der Waals surface area contributed by atoms with Gasteiger partial charge >= 0.3 is 6.03 Å². The van der Waals surface area contributed by atoms with E-state index >= 15 is 0 Å². The lowest BCUT2D eigenvalue weighted by Crippen LogP contribution is -2.66. The minimum Gasteiger partial charge on any atom is -0.302 e. The van der Waals surface area contributed by atoms with Gasteiger partial charge in [-0.05, 0) is 39.3 Å². The molecule has 0 aromatic heterocycles. The van der Waals surface area contributed by atoms with Crippen molar-refractivity contribution >= 4 is 29.4 Å². The van der Waals surface area contributed by atoms with Gasteiger partial charge in [-0.2, -0.15) is 0 Å². The molecule has 3 amide bonds. The Morgan fingerprint density at radius 1 is 1.18 bits per heavy atom. The van der Waals surface area contributed by atoms with E-state index in [0.29, 0.717) is 5.96 Å². The lowest BCUT2D eigenvalue weighted by atomic mass is 10.1. The molecule has 0 saturated carbocycles. The fraction of sp³-hybridized carbons (Fsp3) is 0.400. The smallest absolute Gasteiger partial charge is 0.302 e. The van der Waals surface area contributed by atoms with E-state index in [-0.39, 0.29) is 5.78 Å². The normalized spacial score (nSPS) is 24.9. The number of imide groups is 1. The predicted octanol–water partition coefficient (Wildman–Crippen LogP) is 1.91. The van der Waals surface area contributed by atoms with Crippen LogP contribution in [-0.4, -0.2) is 63.7 Å². The molecule has 3 unspecified atom stereocenters. The number of Topliss-reactive ketones (excluding diaryl/α,β-unsaturated/α-hetero) is 1. The molecule has 0 N–H and O–H groups in total. The largest absolute Gasteiger partial charge is 0.328 e. The number of para-hydroxylation sites is 1. The van der Waals surface area contributed by atoms with Crippen molar-refractivity contribution in [2.45, 2.75) is 45.9 Å². The van der Waals surface area contributed by atoms with Gasteiger partial charge in [0.25, 0.3) is 5.91 Å². The van der Waals surface area contributed by atoms with E-state index in [9.17, 15) is 14.4 Å². The van der Waals surface area contributed by atoms with Crippen molar-refractivity contribution in [2.75, 3.05) is 11.9 Å². The summed E-state index contributed by atoms with van der Waals surface area (Å²) in [5.41, 5.74) is 2.99. The number of anilines is 1. The molecule has 8 nitrogen and oxygen atoms in total. The molecule has 0 bridgehead atoms. The number of nitrogens with zero attached hydrogens (tertiary/aromatic N) is 5. The monoisotopic (exact) mass is 381 g/mol. The van der Waals surface area contributed by atoms with Crippen LogP contribution in [0.4, 0.5) is 10.5 Å². The Morgan fingerprint density at radius 2 is 1.86 bits per heavy atom. The number of rotatable bonds is 3. The summed E-state index contributed by atoms with van der Waals surface area (Å²) in [6.07, 6.45) is 1.26. The molecular formula is C20H23N5O3. The van der Waals surface area contributed by atoms with Crippen molar-refractivity contribution in [1.82, 2.24) is 14.7 Å². The van der Waals surface area contributed by atoms with Gasteiger partial charge in [-0.3, -0.25) is 19.4 Å². The van der Waals surface area contributed by atoms with Gasteiger partial charge in [0.15, 0.2) is 18.0 Å². The number of aryl methyl sites for hydroxylation is 1. The number of ketones is 1. The number of benzene rings is 1. The van der Waals surface area contributed by atoms with E-state index in [2.05, 4.69) is 0 Å². The van der Waals surface area contributed by atoms with Crippen LogP contribution < -0.4 is 4.90 Å². The summed E-state index contributed by atoms with van der Waals surface area (Å²) in [7, 11) is 1.62. The number of carbonyl (C=O) groups excluding carboxylic acids is 3. The van der Waals surface area contributed by atoms with E-state index in [1.54, 1.807) is 14.0 Å². The van der Waals surface area contributed by atoms with E-state index in [1.807, 2.05) is 54.1 Å². The number of likely N-dealkylation sites (N-methyl/N-ethyl adjacent to an activating group) is 1. The molecule has 3 atom stereocenters. The highest BCUT2D eigenvalue weighted by Gasteiger charge is 2.55.